The van der Waals surface area contributed by atoms with E-state index in [9.17, 15) is 44.3 Å². The van der Waals surface area contributed by atoms with Crippen LogP contribution in [0.4, 0.5) is 39.5 Å². The van der Waals surface area contributed by atoms with Gasteiger partial charge in [0.1, 0.15) is 0 Å². The molecule has 0 atom stereocenters. The predicted molar refractivity (Wildman–Crippen MR) is 31.6 cm³/mol. The van der Waals surface area contributed by atoms with Crippen LogP contribution in [0, 0.1) is 0 Å². The van der Waals surface area contributed by atoms with Gasteiger partial charge in [0, 0.05) is 6.92 Å². The molecular weight excluding hydrogens is 259 g/mol. The second-order valence-corrected chi connectivity index (χ2v) is 2.86. The molecule has 0 rings (SSSR count). The first-order valence-electron chi connectivity index (χ1n) is 3.40. The van der Waals surface area contributed by atoms with Gasteiger partial charge >= 0.3 is 29.7 Å². The molecule has 0 spiro atoms. The first-order valence-corrected chi connectivity index (χ1v) is 3.40. The predicted octanol–water partition coefficient (Wildman–Crippen LogP) is 3.04. The fraction of sp³-hybridized carbons (Fsp3) is 0.833. The van der Waals surface area contributed by atoms with Crippen molar-refractivity contribution in [3.8, 4) is 0 Å². The molecular formula is C6H3F9O. The van der Waals surface area contributed by atoms with E-state index in [0.29, 0.717) is 0 Å². The van der Waals surface area contributed by atoms with Crippen molar-refractivity contribution in [2.24, 2.45) is 0 Å². The van der Waals surface area contributed by atoms with Gasteiger partial charge in [-0.25, -0.2) is 0 Å². The monoisotopic (exact) mass is 262 g/mol. The van der Waals surface area contributed by atoms with E-state index >= 15 is 0 Å². The zero-order valence-electron chi connectivity index (χ0n) is 7.31. The van der Waals surface area contributed by atoms with Gasteiger partial charge < -0.3 is 0 Å². The topological polar surface area (TPSA) is 17.1 Å². The Bertz CT molecular complexity index is 283. The van der Waals surface area contributed by atoms with E-state index in [0.717, 1.165) is 0 Å². The Hall–Kier alpha value is -0.960. The molecule has 0 heterocycles. The number of halogens is 9. The maximum Gasteiger partial charge on any atom is 0.456 e. The van der Waals surface area contributed by atoms with Crippen LogP contribution in [0.2, 0.25) is 0 Å². The minimum Gasteiger partial charge on any atom is -0.282 e. The van der Waals surface area contributed by atoms with Crippen LogP contribution in [-0.2, 0) is 4.79 Å². The van der Waals surface area contributed by atoms with Gasteiger partial charge in [-0.2, -0.15) is 39.5 Å². The Labute approximate surface area is 82.2 Å². The summed E-state index contributed by atoms with van der Waals surface area (Å²) in [6, 6.07) is 0. The van der Waals surface area contributed by atoms with Gasteiger partial charge in [0.15, 0.2) is 0 Å². The zero-order valence-corrected chi connectivity index (χ0v) is 7.31. The van der Waals surface area contributed by atoms with E-state index in [1.54, 1.807) is 0 Å². The van der Waals surface area contributed by atoms with Gasteiger partial charge in [0.25, 0.3) is 0 Å². The summed E-state index contributed by atoms with van der Waals surface area (Å²) in [6.45, 7) is -0.718. The largest absolute Gasteiger partial charge is 0.456 e. The van der Waals surface area contributed by atoms with Crippen LogP contribution in [0.5, 0.6) is 0 Å². The highest BCUT2D eigenvalue weighted by atomic mass is 19.4. The van der Waals surface area contributed by atoms with Crippen molar-refractivity contribution in [2.75, 3.05) is 0 Å². The zero-order chi connectivity index (χ0) is 13.6. The molecule has 0 saturated carbocycles. The molecule has 1 nitrogen and oxygen atoms in total. The summed E-state index contributed by atoms with van der Waals surface area (Å²) in [5, 5.41) is 0. The lowest BCUT2D eigenvalue weighted by Crippen LogP contribution is -2.59. The number of rotatable bonds is 3. The first-order chi connectivity index (χ1) is 6.65. The van der Waals surface area contributed by atoms with E-state index < -0.39 is 36.7 Å². The minimum absolute atomic E-state index is 0.718. The number of hydrogen-bond donors (Lipinski definition) is 0. The molecule has 0 N–H and O–H groups in total. The Morgan fingerprint density at radius 2 is 1.12 bits per heavy atom. The van der Waals surface area contributed by atoms with Crippen molar-refractivity contribution in [2.45, 2.75) is 30.9 Å². The average Bonchev–Trinajstić information content (AvgIpc) is 1.98. The van der Waals surface area contributed by atoms with Crippen LogP contribution in [0.15, 0.2) is 0 Å². The Kier molecular flexibility index (Phi) is 3.31. The number of alkyl halides is 9. The summed E-state index contributed by atoms with van der Waals surface area (Å²) in [5.41, 5.74) is 0. The number of carbonyl (C=O) groups is 1. The van der Waals surface area contributed by atoms with Crippen LogP contribution in [0.1, 0.15) is 6.92 Å². The Morgan fingerprint density at radius 1 is 0.812 bits per heavy atom. The molecule has 0 bridgehead atoms. The lowest BCUT2D eigenvalue weighted by atomic mass is 10.0. The van der Waals surface area contributed by atoms with Gasteiger partial charge in [-0.1, -0.05) is 0 Å². The summed E-state index contributed by atoms with van der Waals surface area (Å²) in [5.74, 6) is -22.6. The van der Waals surface area contributed by atoms with E-state index in [1.807, 2.05) is 0 Å². The quantitative estimate of drug-likeness (QED) is 0.714. The highest BCUT2D eigenvalue weighted by molar-refractivity contribution is 5.91. The third kappa shape index (κ3) is 2.24. The second-order valence-electron chi connectivity index (χ2n) is 2.86. The SMILES string of the molecule is CC(F)(F)C(F)(F)C(F)(F)C(=O)C(F)(F)F. The summed E-state index contributed by atoms with van der Waals surface area (Å²) in [7, 11) is 0. The molecule has 0 aliphatic heterocycles. The molecule has 0 unspecified atom stereocenters. The molecule has 0 saturated heterocycles. The molecule has 0 aromatic rings. The Morgan fingerprint density at radius 3 is 1.31 bits per heavy atom. The smallest absolute Gasteiger partial charge is 0.282 e. The molecule has 0 aliphatic rings. The average molecular weight is 262 g/mol. The molecule has 0 aliphatic carbocycles. The summed E-state index contributed by atoms with van der Waals surface area (Å²) >= 11 is 0. The Balaban J connectivity index is 5.46. The van der Waals surface area contributed by atoms with E-state index in [2.05, 4.69) is 0 Å². The van der Waals surface area contributed by atoms with Gasteiger partial charge in [0.05, 0.1) is 0 Å². The standard InChI is InChI=1S/C6H3F9O/c1-3(7,8)6(14,15)4(9,10)2(16)5(11,12)13/h1H3. The highest BCUT2D eigenvalue weighted by Crippen LogP contribution is 2.47. The molecule has 96 valence electrons. The lowest BCUT2D eigenvalue weighted by molar-refractivity contribution is -0.301. The van der Waals surface area contributed by atoms with Crippen LogP contribution >= 0.6 is 0 Å². The van der Waals surface area contributed by atoms with Crippen molar-refractivity contribution in [1.82, 2.24) is 0 Å². The number of Topliss-reactive ketones (excluding diaryl/α,β-unsaturated/α-hetero) is 1. The molecule has 0 radical (unpaired) electrons. The lowest BCUT2D eigenvalue weighted by Gasteiger charge is -2.29. The third-order valence-electron chi connectivity index (χ3n) is 1.49. The van der Waals surface area contributed by atoms with Crippen molar-refractivity contribution in [1.29, 1.82) is 0 Å². The van der Waals surface area contributed by atoms with Crippen LogP contribution in [0.25, 0.3) is 0 Å². The molecule has 16 heavy (non-hydrogen) atoms. The third-order valence-corrected chi connectivity index (χ3v) is 1.49. The maximum absolute atomic E-state index is 12.3. The molecule has 0 amide bonds. The van der Waals surface area contributed by atoms with Gasteiger partial charge in [-0.05, 0) is 0 Å². The fourth-order valence-electron chi connectivity index (χ4n) is 0.596. The van der Waals surface area contributed by atoms with Crippen molar-refractivity contribution < 1.29 is 44.3 Å². The summed E-state index contributed by atoms with van der Waals surface area (Å²) in [4.78, 5) is 9.89. The normalized spacial score (nSPS) is 15.1. The van der Waals surface area contributed by atoms with E-state index in [4.69, 9.17) is 0 Å². The molecule has 0 aromatic carbocycles. The number of ketones is 1. The maximum atomic E-state index is 12.3. The van der Waals surface area contributed by atoms with Crippen LogP contribution < -0.4 is 0 Å². The fourth-order valence-corrected chi connectivity index (χ4v) is 0.596. The van der Waals surface area contributed by atoms with E-state index in [1.165, 1.54) is 0 Å². The van der Waals surface area contributed by atoms with E-state index in [-0.39, 0.29) is 0 Å². The van der Waals surface area contributed by atoms with Gasteiger partial charge in [0.2, 0.25) is 0 Å². The van der Waals surface area contributed by atoms with Crippen molar-refractivity contribution in [3.05, 3.63) is 0 Å². The summed E-state index contributed by atoms with van der Waals surface area (Å²) < 4.78 is 107. The second kappa shape index (κ2) is 3.52. The van der Waals surface area contributed by atoms with Crippen LogP contribution in [0.3, 0.4) is 0 Å². The van der Waals surface area contributed by atoms with Gasteiger partial charge in [-0.15, -0.1) is 0 Å². The van der Waals surface area contributed by atoms with Crippen molar-refractivity contribution in [3.63, 3.8) is 0 Å². The molecule has 10 heteroatoms. The van der Waals surface area contributed by atoms with Crippen molar-refractivity contribution >= 4 is 5.78 Å². The van der Waals surface area contributed by atoms with Crippen LogP contribution in [-0.4, -0.2) is 29.7 Å². The summed E-state index contributed by atoms with van der Waals surface area (Å²) in [6.07, 6.45) is -6.34. The first kappa shape index (κ1) is 15.0. The molecule has 0 aromatic heterocycles. The number of carbonyl (C=O) groups excluding carboxylic acids is 1. The molecule has 0 fully saturated rings. The minimum atomic E-state index is -6.52. The number of hydrogen-bond acceptors (Lipinski definition) is 1. The van der Waals surface area contributed by atoms with Gasteiger partial charge in [-0.3, -0.25) is 4.79 Å². The highest BCUT2D eigenvalue weighted by Gasteiger charge is 2.76.